The molecule has 5 nitrogen and oxygen atoms in total. The van der Waals surface area contributed by atoms with Crippen molar-refractivity contribution in [1.29, 1.82) is 0 Å². The number of carbonyl (C=O) groups excluding carboxylic acids is 1. The van der Waals surface area contributed by atoms with Crippen molar-refractivity contribution in [2.45, 2.75) is 33.6 Å². The number of nitrogens with zero attached hydrogens (tertiary/aromatic N) is 1. The summed E-state index contributed by atoms with van der Waals surface area (Å²) in [5.74, 6) is -0.593. The van der Waals surface area contributed by atoms with Crippen LogP contribution in [0.4, 0.5) is 0 Å². The fourth-order valence-electron chi connectivity index (χ4n) is 1.76. The zero-order valence-corrected chi connectivity index (χ0v) is 11.8. The average molecular weight is 259 g/mol. The van der Waals surface area contributed by atoms with Gasteiger partial charge in [-0.25, -0.2) is 0 Å². The van der Waals surface area contributed by atoms with Crippen LogP contribution < -0.4 is 0 Å². The number of ether oxygens (including phenoxy) is 1. The van der Waals surface area contributed by atoms with Gasteiger partial charge in [0.15, 0.2) is 0 Å². The monoisotopic (exact) mass is 259 g/mol. The first-order valence-corrected chi connectivity index (χ1v) is 6.35. The number of aliphatic carboxylic acids is 1. The summed E-state index contributed by atoms with van der Waals surface area (Å²) in [5, 5.41) is 8.68. The molecule has 0 aliphatic heterocycles. The zero-order chi connectivity index (χ0) is 14.1. The van der Waals surface area contributed by atoms with Crippen LogP contribution in [-0.2, 0) is 14.3 Å². The van der Waals surface area contributed by atoms with Gasteiger partial charge in [0.05, 0.1) is 6.61 Å². The second-order valence-corrected chi connectivity index (χ2v) is 5.13. The third-order valence-electron chi connectivity index (χ3n) is 2.55. The zero-order valence-electron chi connectivity index (χ0n) is 11.8. The van der Waals surface area contributed by atoms with E-state index in [9.17, 15) is 9.59 Å². The van der Waals surface area contributed by atoms with E-state index in [1.54, 1.807) is 18.9 Å². The minimum absolute atomic E-state index is 0.00880. The first-order valence-electron chi connectivity index (χ1n) is 6.35. The molecule has 0 bridgehead atoms. The summed E-state index contributed by atoms with van der Waals surface area (Å²) in [6, 6.07) is 0. The lowest BCUT2D eigenvalue weighted by Gasteiger charge is -2.25. The van der Waals surface area contributed by atoms with Gasteiger partial charge in [0.2, 0.25) is 5.91 Å². The molecule has 0 fully saturated rings. The van der Waals surface area contributed by atoms with Crippen molar-refractivity contribution in [2.75, 3.05) is 26.8 Å². The summed E-state index contributed by atoms with van der Waals surface area (Å²) in [6.45, 7) is 7.64. The van der Waals surface area contributed by atoms with Crippen molar-refractivity contribution < 1.29 is 19.4 Å². The molecular weight excluding hydrogens is 234 g/mol. The number of carboxylic acid groups (broad SMARTS) is 1. The first kappa shape index (κ1) is 16.9. The van der Waals surface area contributed by atoms with Gasteiger partial charge < -0.3 is 14.7 Å². The summed E-state index contributed by atoms with van der Waals surface area (Å²) in [5.41, 5.74) is 0. The maximum atomic E-state index is 12.1. The molecule has 0 aromatic heterocycles. The third kappa shape index (κ3) is 8.06. The van der Waals surface area contributed by atoms with Crippen LogP contribution in [0.5, 0.6) is 0 Å². The predicted molar refractivity (Wildman–Crippen MR) is 69.3 cm³/mol. The van der Waals surface area contributed by atoms with E-state index in [1.165, 1.54) is 0 Å². The van der Waals surface area contributed by atoms with Crippen molar-refractivity contribution in [2.24, 2.45) is 11.8 Å². The van der Waals surface area contributed by atoms with Crippen molar-refractivity contribution in [3.8, 4) is 0 Å². The molecule has 0 saturated carbocycles. The predicted octanol–water partition coefficient (Wildman–Crippen LogP) is 1.62. The second-order valence-electron chi connectivity index (χ2n) is 5.13. The molecule has 0 rings (SSSR count). The summed E-state index contributed by atoms with van der Waals surface area (Å²) in [6.07, 6.45) is 0.314. The highest BCUT2D eigenvalue weighted by molar-refractivity contribution is 5.77. The first-order chi connectivity index (χ1) is 8.36. The van der Waals surface area contributed by atoms with E-state index < -0.39 is 5.97 Å². The van der Waals surface area contributed by atoms with Gasteiger partial charge in [-0.15, -0.1) is 0 Å². The fraction of sp³-hybridized carbons (Fsp3) is 0.846. The lowest BCUT2D eigenvalue weighted by Crippen LogP contribution is -2.37. The Bertz CT molecular complexity index is 266. The summed E-state index contributed by atoms with van der Waals surface area (Å²) < 4.78 is 4.99. The summed E-state index contributed by atoms with van der Waals surface area (Å²) in [7, 11) is 1.60. The van der Waals surface area contributed by atoms with E-state index >= 15 is 0 Å². The van der Waals surface area contributed by atoms with Crippen LogP contribution in [0.15, 0.2) is 0 Å². The van der Waals surface area contributed by atoms with Crippen molar-refractivity contribution in [1.82, 2.24) is 4.90 Å². The maximum Gasteiger partial charge on any atom is 0.303 e. The van der Waals surface area contributed by atoms with Gasteiger partial charge in [0.25, 0.3) is 0 Å². The Morgan fingerprint density at radius 1 is 1.22 bits per heavy atom. The van der Waals surface area contributed by atoms with Gasteiger partial charge in [-0.2, -0.15) is 0 Å². The molecule has 0 aliphatic carbocycles. The second kappa shape index (κ2) is 8.91. The number of hydrogen-bond acceptors (Lipinski definition) is 3. The van der Waals surface area contributed by atoms with E-state index in [1.807, 2.05) is 13.8 Å². The Morgan fingerprint density at radius 2 is 1.83 bits per heavy atom. The topological polar surface area (TPSA) is 66.8 Å². The van der Waals surface area contributed by atoms with Crippen LogP contribution in [0.3, 0.4) is 0 Å². The number of carboxylic acids is 1. The summed E-state index contributed by atoms with van der Waals surface area (Å²) in [4.78, 5) is 24.4. The molecule has 106 valence electrons. The third-order valence-corrected chi connectivity index (χ3v) is 2.55. The van der Waals surface area contributed by atoms with Crippen LogP contribution in [0.1, 0.15) is 33.6 Å². The quantitative estimate of drug-likeness (QED) is 0.683. The molecule has 0 aliphatic rings. The van der Waals surface area contributed by atoms with Gasteiger partial charge in [0, 0.05) is 33.0 Å². The Hall–Kier alpha value is -1.10. The van der Waals surface area contributed by atoms with Crippen LogP contribution >= 0.6 is 0 Å². The van der Waals surface area contributed by atoms with Gasteiger partial charge in [-0.1, -0.05) is 20.8 Å². The highest BCUT2D eigenvalue weighted by atomic mass is 16.5. The molecule has 0 aromatic carbocycles. The van der Waals surface area contributed by atoms with E-state index in [2.05, 4.69) is 0 Å². The van der Waals surface area contributed by atoms with E-state index in [4.69, 9.17) is 9.84 Å². The van der Waals surface area contributed by atoms with Crippen LogP contribution in [0.25, 0.3) is 0 Å². The molecule has 5 heteroatoms. The number of carbonyl (C=O) groups is 2. The standard InChI is InChI=1S/C13H25NO4/c1-10(2)9-14(5-6-18-4)12(15)7-11(3)8-13(16)17/h10-11H,5-9H2,1-4H3,(H,16,17). The number of hydrogen-bond donors (Lipinski definition) is 1. The summed E-state index contributed by atoms with van der Waals surface area (Å²) >= 11 is 0. The van der Waals surface area contributed by atoms with Gasteiger partial charge in [-0.3, -0.25) is 9.59 Å². The fourth-order valence-corrected chi connectivity index (χ4v) is 1.76. The Morgan fingerprint density at radius 3 is 2.28 bits per heavy atom. The number of methoxy groups -OCH3 is 1. The van der Waals surface area contributed by atoms with Gasteiger partial charge in [-0.05, 0) is 11.8 Å². The smallest absolute Gasteiger partial charge is 0.303 e. The number of amides is 1. The maximum absolute atomic E-state index is 12.1. The van der Waals surface area contributed by atoms with Crippen LogP contribution in [-0.4, -0.2) is 48.7 Å². The Kier molecular flexibility index (Phi) is 8.37. The SMILES string of the molecule is COCCN(CC(C)C)C(=O)CC(C)CC(=O)O. The van der Waals surface area contributed by atoms with E-state index in [0.29, 0.717) is 25.6 Å². The minimum Gasteiger partial charge on any atom is -0.481 e. The van der Waals surface area contributed by atoms with Crippen molar-refractivity contribution in [3.05, 3.63) is 0 Å². The van der Waals surface area contributed by atoms with Crippen molar-refractivity contribution >= 4 is 11.9 Å². The lowest BCUT2D eigenvalue weighted by atomic mass is 10.0. The molecule has 1 unspecified atom stereocenters. The Balaban J connectivity index is 4.30. The molecule has 0 heterocycles. The van der Waals surface area contributed by atoms with Crippen LogP contribution in [0, 0.1) is 11.8 Å². The minimum atomic E-state index is -0.859. The van der Waals surface area contributed by atoms with Gasteiger partial charge in [0.1, 0.15) is 0 Å². The molecule has 0 radical (unpaired) electrons. The molecule has 0 aromatic rings. The average Bonchev–Trinajstić information content (AvgIpc) is 2.22. The molecule has 1 N–H and O–H groups in total. The molecule has 1 atom stereocenters. The molecule has 0 saturated heterocycles. The molecule has 18 heavy (non-hydrogen) atoms. The van der Waals surface area contributed by atoms with Crippen LogP contribution in [0.2, 0.25) is 0 Å². The number of rotatable bonds is 9. The van der Waals surface area contributed by atoms with E-state index in [0.717, 1.165) is 0 Å². The molecule has 0 spiro atoms. The van der Waals surface area contributed by atoms with Gasteiger partial charge >= 0.3 is 5.97 Å². The largest absolute Gasteiger partial charge is 0.481 e. The normalized spacial score (nSPS) is 12.5. The van der Waals surface area contributed by atoms with Crippen molar-refractivity contribution in [3.63, 3.8) is 0 Å². The lowest BCUT2D eigenvalue weighted by molar-refractivity contribution is -0.138. The molecular formula is C13H25NO4. The molecule has 1 amide bonds. The Labute approximate surface area is 109 Å². The highest BCUT2D eigenvalue weighted by Crippen LogP contribution is 2.11. The van der Waals surface area contributed by atoms with E-state index in [-0.39, 0.29) is 24.7 Å². The highest BCUT2D eigenvalue weighted by Gasteiger charge is 2.18.